The van der Waals surface area contributed by atoms with Gasteiger partial charge in [0.2, 0.25) is 0 Å². The van der Waals surface area contributed by atoms with Crippen molar-refractivity contribution in [2.24, 2.45) is 17.8 Å². The number of anilines is 2. The van der Waals surface area contributed by atoms with Gasteiger partial charge in [-0.2, -0.15) is 0 Å². The first-order valence-corrected chi connectivity index (χ1v) is 13.4. The third kappa shape index (κ3) is 4.60. The third-order valence-corrected chi connectivity index (χ3v) is 8.78. The number of rotatable bonds is 6. The van der Waals surface area contributed by atoms with Gasteiger partial charge >= 0.3 is 5.97 Å². The van der Waals surface area contributed by atoms with Crippen LogP contribution in [0.4, 0.5) is 11.4 Å². The Hall–Kier alpha value is -3.93. The van der Waals surface area contributed by atoms with Gasteiger partial charge in [-0.3, -0.25) is 9.59 Å². The zero-order chi connectivity index (χ0) is 26.3. The van der Waals surface area contributed by atoms with Crippen LogP contribution in [-0.2, 0) is 10.2 Å². The molecule has 4 bridgehead atoms. The zero-order valence-corrected chi connectivity index (χ0v) is 21.5. The van der Waals surface area contributed by atoms with E-state index < -0.39 is 5.97 Å². The molecule has 7 rings (SSSR count). The number of ether oxygens (including phenoxy) is 1. The van der Waals surface area contributed by atoms with Crippen molar-refractivity contribution in [1.82, 2.24) is 0 Å². The Morgan fingerprint density at radius 2 is 1.24 bits per heavy atom. The van der Waals surface area contributed by atoms with E-state index >= 15 is 0 Å². The number of amides is 2. The highest BCUT2D eigenvalue weighted by Crippen LogP contribution is 2.60. The van der Waals surface area contributed by atoms with Gasteiger partial charge in [0.15, 0.2) is 0 Å². The van der Waals surface area contributed by atoms with E-state index in [0.717, 1.165) is 23.4 Å². The first kappa shape index (κ1) is 24.4. The minimum absolute atomic E-state index is 0.226. The molecule has 0 heterocycles. The van der Waals surface area contributed by atoms with E-state index in [1.54, 1.807) is 48.5 Å². The number of benzene rings is 3. The van der Waals surface area contributed by atoms with Crippen molar-refractivity contribution in [3.63, 3.8) is 0 Å². The van der Waals surface area contributed by atoms with Gasteiger partial charge in [-0.1, -0.05) is 24.3 Å². The first-order valence-electron chi connectivity index (χ1n) is 13.4. The Bertz CT molecular complexity index is 1340. The van der Waals surface area contributed by atoms with E-state index in [0.29, 0.717) is 22.2 Å². The van der Waals surface area contributed by atoms with Crippen molar-refractivity contribution in [3.8, 4) is 0 Å². The number of nitrogens with one attached hydrogen (secondary N) is 2. The van der Waals surface area contributed by atoms with Gasteiger partial charge in [0.1, 0.15) is 0 Å². The van der Waals surface area contributed by atoms with E-state index in [-0.39, 0.29) is 17.4 Å². The van der Waals surface area contributed by atoms with Gasteiger partial charge < -0.3 is 15.4 Å². The number of hydrogen-bond donors (Lipinski definition) is 2. The second kappa shape index (κ2) is 9.75. The minimum atomic E-state index is -0.529. The SMILES string of the molecule is COC(=O)c1ccccc1NC(=O)c1ccc(C(=O)Nc2ccc(C34CC5CC(CC(C5)C3)C4)cc2)cc1. The van der Waals surface area contributed by atoms with Crippen molar-refractivity contribution in [3.05, 3.63) is 95.1 Å². The lowest BCUT2D eigenvalue weighted by Crippen LogP contribution is -2.48. The van der Waals surface area contributed by atoms with Gasteiger partial charge in [0.25, 0.3) is 11.8 Å². The topological polar surface area (TPSA) is 84.5 Å². The molecule has 2 N–H and O–H groups in total. The summed E-state index contributed by atoms with van der Waals surface area (Å²) in [6.07, 6.45) is 8.23. The summed E-state index contributed by atoms with van der Waals surface area (Å²) >= 11 is 0. The molecule has 0 saturated heterocycles. The Morgan fingerprint density at radius 3 is 1.79 bits per heavy atom. The van der Waals surface area contributed by atoms with Crippen LogP contribution in [0.2, 0.25) is 0 Å². The first-order chi connectivity index (χ1) is 18.4. The van der Waals surface area contributed by atoms with Crippen LogP contribution >= 0.6 is 0 Å². The Balaban J connectivity index is 1.10. The molecule has 194 valence electrons. The van der Waals surface area contributed by atoms with Crippen LogP contribution in [0.5, 0.6) is 0 Å². The summed E-state index contributed by atoms with van der Waals surface area (Å²) in [6, 6.07) is 21.6. The molecule has 0 atom stereocenters. The lowest BCUT2D eigenvalue weighted by Gasteiger charge is -2.57. The number of esters is 1. The van der Waals surface area contributed by atoms with Gasteiger partial charge in [-0.15, -0.1) is 0 Å². The Labute approximate surface area is 222 Å². The molecule has 2 amide bonds. The van der Waals surface area contributed by atoms with Crippen LogP contribution in [0.25, 0.3) is 0 Å². The van der Waals surface area contributed by atoms with E-state index in [1.165, 1.54) is 51.2 Å². The number of methoxy groups -OCH3 is 1. The second-order valence-corrected chi connectivity index (χ2v) is 11.3. The monoisotopic (exact) mass is 508 g/mol. The standard InChI is InChI=1S/C32H32N2O4/c1-38-31(37)27-4-2-3-5-28(27)34-30(36)24-8-6-23(7-9-24)29(35)33-26-12-10-25(11-13-26)32-17-20-14-21(18-32)16-22(15-20)19-32/h2-13,20-22H,14-19H2,1H3,(H,33,35)(H,34,36). The fourth-order valence-corrected chi connectivity index (χ4v) is 7.42. The maximum atomic E-state index is 12.9. The molecule has 0 aromatic heterocycles. The molecular formula is C32H32N2O4. The third-order valence-electron chi connectivity index (χ3n) is 8.78. The molecule has 6 heteroatoms. The second-order valence-electron chi connectivity index (χ2n) is 11.3. The molecular weight excluding hydrogens is 476 g/mol. The molecule has 3 aromatic carbocycles. The summed E-state index contributed by atoms with van der Waals surface area (Å²) in [7, 11) is 1.29. The summed E-state index contributed by atoms with van der Waals surface area (Å²) in [5.41, 5.74) is 4.01. The van der Waals surface area contributed by atoms with Crippen LogP contribution in [0.1, 0.15) is 75.2 Å². The van der Waals surface area contributed by atoms with E-state index in [2.05, 4.69) is 22.8 Å². The zero-order valence-electron chi connectivity index (χ0n) is 21.5. The Morgan fingerprint density at radius 1 is 0.711 bits per heavy atom. The van der Waals surface area contributed by atoms with E-state index in [1.807, 2.05) is 12.1 Å². The lowest BCUT2D eigenvalue weighted by atomic mass is 9.48. The molecule has 3 aromatic rings. The average Bonchev–Trinajstić information content (AvgIpc) is 2.92. The van der Waals surface area contributed by atoms with Crippen LogP contribution < -0.4 is 10.6 Å². The van der Waals surface area contributed by atoms with Crippen molar-refractivity contribution >= 4 is 29.2 Å². The van der Waals surface area contributed by atoms with E-state index in [9.17, 15) is 14.4 Å². The molecule has 4 fully saturated rings. The largest absolute Gasteiger partial charge is 0.465 e. The molecule has 38 heavy (non-hydrogen) atoms. The summed E-state index contributed by atoms with van der Waals surface area (Å²) in [5, 5.41) is 5.73. The number of hydrogen-bond acceptors (Lipinski definition) is 4. The summed E-state index contributed by atoms with van der Waals surface area (Å²) in [5.74, 6) is 1.55. The highest BCUT2D eigenvalue weighted by Gasteiger charge is 2.51. The fraction of sp³-hybridized carbons (Fsp3) is 0.344. The quantitative estimate of drug-likeness (QED) is 0.375. The van der Waals surface area contributed by atoms with Crippen LogP contribution in [0.15, 0.2) is 72.8 Å². The maximum Gasteiger partial charge on any atom is 0.339 e. The number of carbonyl (C=O) groups excluding carboxylic acids is 3. The summed E-state index contributed by atoms with van der Waals surface area (Å²) < 4.78 is 4.78. The molecule has 0 aliphatic heterocycles. The van der Waals surface area contributed by atoms with Crippen LogP contribution in [0, 0.1) is 17.8 Å². The van der Waals surface area contributed by atoms with Gasteiger partial charge in [-0.25, -0.2) is 4.79 Å². The normalized spacial score (nSPS) is 25.0. The van der Waals surface area contributed by atoms with E-state index in [4.69, 9.17) is 4.74 Å². The van der Waals surface area contributed by atoms with Crippen molar-refractivity contribution in [2.45, 2.75) is 43.9 Å². The van der Waals surface area contributed by atoms with Gasteiger partial charge in [-0.05, 0) is 116 Å². The van der Waals surface area contributed by atoms with Gasteiger partial charge in [0, 0.05) is 16.8 Å². The molecule has 4 aliphatic rings. The predicted octanol–water partition coefficient (Wildman–Crippen LogP) is 6.45. The highest BCUT2D eigenvalue weighted by atomic mass is 16.5. The van der Waals surface area contributed by atoms with Crippen LogP contribution in [0.3, 0.4) is 0 Å². The minimum Gasteiger partial charge on any atom is -0.465 e. The molecule has 4 saturated carbocycles. The number of para-hydroxylation sites is 1. The number of carbonyl (C=O) groups is 3. The Kier molecular flexibility index (Phi) is 6.26. The smallest absolute Gasteiger partial charge is 0.339 e. The highest BCUT2D eigenvalue weighted by molar-refractivity contribution is 6.09. The molecule has 0 unspecified atom stereocenters. The predicted molar refractivity (Wildman–Crippen MR) is 146 cm³/mol. The lowest BCUT2D eigenvalue weighted by molar-refractivity contribution is -0.00518. The summed E-state index contributed by atoms with van der Waals surface area (Å²) in [6.45, 7) is 0. The van der Waals surface area contributed by atoms with Gasteiger partial charge in [0.05, 0.1) is 18.4 Å². The molecule has 4 aliphatic carbocycles. The fourth-order valence-electron chi connectivity index (χ4n) is 7.42. The average molecular weight is 509 g/mol. The van der Waals surface area contributed by atoms with Crippen LogP contribution in [-0.4, -0.2) is 24.9 Å². The van der Waals surface area contributed by atoms with Crippen molar-refractivity contribution in [1.29, 1.82) is 0 Å². The molecule has 0 radical (unpaired) electrons. The molecule has 6 nitrogen and oxygen atoms in total. The molecule has 0 spiro atoms. The van der Waals surface area contributed by atoms with Crippen molar-refractivity contribution in [2.75, 3.05) is 17.7 Å². The summed E-state index contributed by atoms with van der Waals surface area (Å²) in [4.78, 5) is 37.6. The maximum absolute atomic E-state index is 12.9. The van der Waals surface area contributed by atoms with Crippen molar-refractivity contribution < 1.29 is 19.1 Å².